The molecule has 1 aromatic heterocycles. The lowest BCUT2D eigenvalue weighted by molar-refractivity contribution is -0.115. The van der Waals surface area contributed by atoms with E-state index >= 15 is 0 Å². The van der Waals surface area contributed by atoms with E-state index in [1.54, 1.807) is 0 Å². The number of hydrogen-bond acceptors (Lipinski definition) is 6. The van der Waals surface area contributed by atoms with Crippen molar-refractivity contribution in [1.82, 2.24) is 10.3 Å². The van der Waals surface area contributed by atoms with Crippen LogP contribution < -0.4 is 5.32 Å². The summed E-state index contributed by atoms with van der Waals surface area (Å²) >= 11 is 3.32. The quantitative estimate of drug-likeness (QED) is 0.816. The molecule has 0 amide bonds. The van der Waals surface area contributed by atoms with Gasteiger partial charge in [-0.05, 0) is 43.4 Å². The third-order valence-corrected chi connectivity index (χ3v) is 6.68. The molecule has 122 valence electrons. The monoisotopic (exact) mass is 355 g/mol. The first-order chi connectivity index (χ1) is 11.7. The van der Waals surface area contributed by atoms with Gasteiger partial charge in [0, 0.05) is 28.3 Å². The Labute approximate surface area is 149 Å². The molecule has 0 radical (unpaired) electrons. The molecule has 6 heteroatoms. The number of thioether (sulfide) groups is 2. The molecular weight excluding hydrogens is 338 g/mol. The van der Waals surface area contributed by atoms with Gasteiger partial charge in [-0.3, -0.25) is 4.79 Å². The molecule has 3 heterocycles. The summed E-state index contributed by atoms with van der Waals surface area (Å²) in [5, 5.41) is 13.5. The summed E-state index contributed by atoms with van der Waals surface area (Å²) in [5.41, 5.74) is 4.74. The van der Waals surface area contributed by atoms with Crippen LogP contribution in [0.25, 0.3) is 0 Å². The largest absolute Gasteiger partial charge is 0.361 e. The van der Waals surface area contributed by atoms with Crippen LogP contribution in [0.15, 0.2) is 39.0 Å². The molecule has 0 spiro atoms. The number of dihydropyridines is 1. The van der Waals surface area contributed by atoms with Crippen molar-refractivity contribution in [2.75, 3.05) is 12.0 Å². The topological polar surface area (TPSA) is 65.8 Å². The fourth-order valence-electron chi connectivity index (χ4n) is 3.62. The Hall–Kier alpha value is -1.71. The molecule has 0 aromatic carbocycles. The van der Waals surface area contributed by atoms with Crippen LogP contribution in [-0.2, 0) is 4.79 Å². The summed E-state index contributed by atoms with van der Waals surface area (Å²) in [6.07, 6.45) is 5.52. The maximum absolute atomic E-state index is 12.5. The highest BCUT2D eigenvalue weighted by atomic mass is 32.2. The molecule has 1 atom stereocenters. The molecular formula is C18H17N3OS2. The first-order valence-corrected chi connectivity index (χ1v) is 10.3. The van der Waals surface area contributed by atoms with Crippen molar-refractivity contribution >= 4 is 29.3 Å². The van der Waals surface area contributed by atoms with Gasteiger partial charge in [-0.25, -0.2) is 4.98 Å². The Bertz CT molecular complexity index is 835. The molecule has 0 fully saturated rings. The van der Waals surface area contributed by atoms with Gasteiger partial charge in [-0.15, -0.1) is 23.5 Å². The normalized spacial score (nSPS) is 22.8. The van der Waals surface area contributed by atoms with Gasteiger partial charge in [0.2, 0.25) is 0 Å². The number of aromatic nitrogens is 1. The van der Waals surface area contributed by atoms with E-state index in [1.165, 1.54) is 22.4 Å². The summed E-state index contributed by atoms with van der Waals surface area (Å²) in [6, 6.07) is 5.95. The molecule has 1 unspecified atom stereocenters. The summed E-state index contributed by atoms with van der Waals surface area (Å²) in [4.78, 5) is 18.5. The zero-order valence-corrected chi connectivity index (χ0v) is 15.0. The Morgan fingerprint density at radius 1 is 1.33 bits per heavy atom. The first-order valence-electron chi connectivity index (χ1n) is 8.07. The van der Waals surface area contributed by atoms with Crippen LogP contribution in [0.4, 0.5) is 0 Å². The summed E-state index contributed by atoms with van der Waals surface area (Å²) in [6.45, 7) is 0. The molecule has 1 aliphatic carbocycles. The minimum Gasteiger partial charge on any atom is -0.361 e. The lowest BCUT2D eigenvalue weighted by Crippen LogP contribution is -2.27. The van der Waals surface area contributed by atoms with E-state index in [1.807, 2.05) is 30.2 Å². The van der Waals surface area contributed by atoms with Crippen molar-refractivity contribution in [3.05, 3.63) is 45.3 Å². The predicted molar refractivity (Wildman–Crippen MR) is 96.6 cm³/mol. The van der Waals surface area contributed by atoms with Crippen LogP contribution in [0, 0.1) is 11.3 Å². The number of pyridine rings is 1. The van der Waals surface area contributed by atoms with Crippen molar-refractivity contribution < 1.29 is 4.79 Å². The summed E-state index contributed by atoms with van der Waals surface area (Å²) < 4.78 is 0. The first kappa shape index (κ1) is 15.8. The Morgan fingerprint density at radius 3 is 3.00 bits per heavy atom. The highest BCUT2D eigenvalue weighted by Crippen LogP contribution is 2.49. The number of carbonyl (C=O) groups is 1. The number of rotatable bonds is 2. The van der Waals surface area contributed by atoms with Crippen molar-refractivity contribution in [3.63, 3.8) is 0 Å². The molecule has 1 N–H and O–H groups in total. The molecule has 1 aromatic rings. The second-order valence-corrected chi connectivity index (χ2v) is 8.00. The van der Waals surface area contributed by atoms with E-state index in [0.29, 0.717) is 12.0 Å². The number of carbonyl (C=O) groups excluding carboxylic acids is 1. The van der Waals surface area contributed by atoms with Gasteiger partial charge in [-0.2, -0.15) is 5.26 Å². The molecule has 3 aliphatic rings. The maximum Gasteiger partial charge on any atom is 0.162 e. The number of nitrogens with one attached hydrogen (secondary N) is 1. The Morgan fingerprint density at radius 2 is 2.21 bits per heavy atom. The lowest BCUT2D eigenvalue weighted by atomic mass is 9.88. The lowest BCUT2D eigenvalue weighted by Gasteiger charge is -2.33. The fraction of sp³-hybridized carbons (Fsp3) is 0.389. The van der Waals surface area contributed by atoms with Crippen molar-refractivity contribution in [2.45, 2.75) is 36.6 Å². The molecule has 0 bridgehead atoms. The number of hydrogen-bond donors (Lipinski definition) is 1. The zero-order valence-electron chi connectivity index (χ0n) is 13.4. The van der Waals surface area contributed by atoms with Gasteiger partial charge in [0.25, 0.3) is 0 Å². The summed E-state index contributed by atoms with van der Waals surface area (Å²) in [7, 11) is 0. The van der Waals surface area contributed by atoms with Crippen LogP contribution >= 0.6 is 23.5 Å². The highest BCUT2D eigenvalue weighted by Gasteiger charge is 2.39. The fourth-order valence-corrected chi connectivity index (χ4v) is 5.39. The van der Waals surface area contributed by atoms with Crippen molar-refractivity contribution in [3.8, 4) is 6.07 Å². The standard InChI is InChI=1S/C18H17N3OS2/c1-23-18-10(9-19)4-5-12(21-18)16-15-11(6-7-14(15)22)20-13-3-2-8-24-17(13)16/h4-5,16,20H,2-3,6-8H2,1H3. The molecule has 24 heavy (non-hydrogen) atoms. The van der Waals surface area contributed by atoms with E-state index in [2.05, 4.69) is 11.4 Å². The van der Waals surface area contributed by atoms with E-state index in [9.17, 15) is 10.1 Å². The van der Waals surface area contributed by atoms with E-state index in [4.69, 9.17) is 4.98 Å². The van der Waals surface area contributed by atoms with Crippen molar-refractivity contribution in [2.24, 2.45) is 0 Å². The number of allylic oxidation sites excluding steroid dienone is 4. The predicted octanol–water partition coefficient (Wildman–Crippen LogP) is 3.72. The smallest absolute Gasteiger partial charge is 0.162 e. The maximum atomic E-state index is 12.5. The van der Waals surface area contributed by atoms with Crippen LogP contribution in [0.5, 0.6) is 0 Å². The molecule has 4 nitrogen and oxygen atoms in total. The van der Waals surface area contributed by atoms with Crippen LogP contribution in [0.2, 0.25) is 0 Å². The molecule has 0 saturated heterocycles. The summed E-state index contributed by atoms with van der Waals surface area (Å²) in [5.74, 6) is 1.26. The number of Topliss-reactive ketones (excluding diaryl/α,β-unsaturated/α-hetero) is 1. The minimum atomic E-state index is -0.0600. The van der Waals surface area contributed by atoms with Gasteiger partial charge >= 0.3 is 0 Å². The van der Waals surface area contributed by atoms with E-state index in [-0.39, 0.29) is 11.7 Å². The minimum absolute atomic E-state index is 0.0600. The highest BCUT2D eigenvalue weighted by molar-refractivity contribution is 8.03. The van der Waals surface area contributed by atoms with Crippen LogP contribution in [-0.4, -0.2) is 22.8 Å². The number of nitriles is 1. The molecule has 4 rings (SSSR count). The van der Waals surface area contributed by atoms with Gasteiger partial charge in [0.1, 0.15) is 11.1 Å². The second kappa shape index (κ2) is 6.30. The number of nitrogens with zero attached hydrogens (tertiary/aromatic N) is 2. The average Bonchev–Trinajstić information content (AvgIpc) is 2.99. The Kier molecular flexibility index (Phi) is 4.15. The van der Waals surface area contributed by atoms with E-state index < -0.39 is 0 Å². The van der Waals surface area contributed by atoms with Gasteiger partial charge < -0.3 is 5.32 Å². The van der Waals surface area contributed by atoms with Crippen LogP contribution in [0.1, 0.15) is 42.9 Å². The number of ketones is 1. The molecule has 0 saturated carbocycles. The zero-order chi connectivity index (χ0) is 16.7. The van der Waals surface area contributed by atoms with Gasteiger partial charge in [0.15, 0.2) is 5.78 Å². The average molecular weight is 355 g/mol. The molecule has 2 aliphatic heterocycles. The van der Waals surface area contributed by atoms with Gasteiger partial charge in [-0.1, -0.05) is 0 Å². The van der Waals surface area contributed by atoms with Crippen molar-refractivity contribution in [1.29, 1.82) is 5.26 Å². The SMILES string of the molecule is CSc1nc(C2C3=C(CCCS3)NC3=C2C(=O)CC3)ccc1C#N. The Balaban J connectivity index is 1.86. The van der Waals surface area contributed by atoms with E-state index in [0.717, 1.165) is 47.0 Å². The third-order valence-electron chi connectivity index (χ3n) is 4.70. The van der Waals surface area contributed by atoms with Gasteiger partial charge in [0.05, 0.1) is 17.2 Å². The second-order valence-electron chi connectivity index (χ2n) is 6.07. The third kappa shape index (κ3) is 2.47. The van der Waals surface area contributed by atoms with Crippen LogP contribution in [0.3, 0.4) is 0 Å².